The van der Waals surface area contributed by atoms with Crippen LogP contribution in [0.2, 0.25) is 0 Å². The van der Waals surface area contributed by atoms with Crippen molar-refractivity contribution in [3.8, 4) is 0 Å². The number of nitrogens with zero attached hydrogens (tertiary/aromatic N) is 2. The van der Waals surface area contributed by atoms with Crippen LogP contribution >= 0.6 is 0 Å². The Labute approximate surface area is 125 Å². The van der Waals surface area contributed by atoms with Gasteiger partial charge in [-0.3, -0.25) is 0 Å². The third-order valence-corrected chi connectivity index (χ3v) is 3.26. The number of ether oxygens (including phenoxy) is 2. The molecule has 1 aliphatic heterocycles. The lowest BCUT2D eigenvalue weighted by Gasteiger charge is -2.33. The van der Waals surface area contributed by atoms with E-state index in [1.165, 1.54) is 19.4 Å². The van der Waals surface area contributed by atoms with Gasteiger partial charge in [-0.2, -0.15) is 4.98 Å². The van der Waals surface area contributed by atoms with E-state index in [0.717, 1.165) is 4.57 Å². The van der Waals surface area contributed by atoms with Crippen LogP contribution in [0.15, 0.2) is 17.1 Å². The largest absolute Gasteiger partial charge is 0.394 e. The average Bonchev–Trinajstić information content (AvgIpc) is 2.74. The standard InChI is InChI=1S/C12H19N3O7/c1-3-20-12(15-5-4-8(13)14-11(15)18)10(22-19-2)9(17)7(6-16)21-12/h4-5,7,9-10,16-17H,3,6H2,1-2H3,(H2,13,14,18)/t7-,9-,10-,12-/m1/s1. The van der Waals surface area contributed by atoms with Gasteiger partial charge in [0.15, 0.2) is 6.10 Å². The smallest absolute Gasteiger partial charge is 0.353 e. The zero-order valence-electron chi connectivity index (χ0n) is 12.2. The van der Waals surface area contributed by atoms with E-state index in [1.54, 1.807) is 6.92 Å². The molecule has 0 unspecified atom stereocenters. The monoisotopic (exact) mass is 317 g/mol. The Hall–Kier alpha value is -1.56. The van der Waals surface area contributed by atoms with Gasteiger partial charge in [0.1, 0.15) is 18.0 Å². The second-order valence-electron chi connectivity index (χ2n) is 4.58. The fraction of sp³-hybridized carbons (Fsp3) is 0.667. The summed E-state index contributed by atoms with van der Waals surface area (Å²) in [6.45, 7) is 1.30. The molecule has 10 heteroatoms. The van der Waals surface area contributed by atoms with Gasteiger partial charge in [-0.15, -0.1) is 0 Å². The van der Waals surface area contributed by atoms with Gasteiger partial charge in [0.05, 0.1) is 13.7 Å². The van der Waals surface area contributed by atoms with Crippen LogP contribution in [0.5, 0.6) is 0 Å². The summed E-state index contributed by atoms with van der Waals surface area (Å²) in [4.78, 5) is 25.4. The molecule has 0 radical (unpaired) electrons. The van der Waals surface area contributed by atoms with Gasteiger partial charge in [-0.05, 0) is 13.0 Å². The Morgan fingerprint density at radius 3 is 2.86 bits per heavy atom. The summed E-state index contributed by atoms with van der Waals surface area (Å²) in [6.07, 6.45) is -2.24. The fourth-order valence-electron chi connectivity index (χ4n) is 2.37. The molecule has 4 N–H and O–H groups in total. The molecule has 0 amide bonds. The topological polar surface area (TPSA) is 138 Å². The molecule has 4 atom stereocenters. The van der Waals surface area contributed by atoms with Crippen molar-refractivity contribution in [1.29, 1.82) is 0 Å². The van der Waals surface area contributed by atoms with Crippen LogP contribution in [0.1, 0.15) is 6.92 Å². The lowest BCUT2D eigenvalue weighted by atomic mass is 10.1. The van der Waals surface area contributed by atoms with E-state index in [9.17, 15) is 15.0 Å². The Kier molecular flexibility index (Phi) is 5.11. The summed E-state index contributed by atoms with van der Waals surface area (Å²) < 4.78 is 12.1. The van der Waals surface area contributed by atoms with E-state index in [-0.39, 0.29) is 12.4 Å². The lowest BCUT2D eigenvalue weighted by molar-refractivity contribution is -0.398. The van der Waals surface area contributed by atoms with Crippen molar-refractivity contribution >= 4 is 5.82 Å². The van der Waals surface area contributed by atoms with Crippen molar-refractivity contribution in [2.75, 3.05) is 26.1 Å². The van der Waals surface area contributed by atoms with Crippen LogP contribution in [0.25, 0.3) is 0 Å². The molecule has 10 nitrogen and oxygen atoms in total. The van der Waals surface area contributed by atoms with Crippen molar-refractivity contribution in [2.45, 2.75) is 31.1 Å². The van der Waals surface area contributed by atoms with Crippen LogP contribution < -0.4 is 11.4 Å². The maximum atomic E-state index is 12.1. The molecule has 0 aromatic carbocycles. The summed E-state index contributed by atoms with van der Waals surface area (Å²) in [7, 11) is 1.24. The summed E-state index contributed by atoms with van der Waals surface area (Å²) in [6, 6.07) is 1.37. The first-order chi connectivity index (χ1) is 10.5. The van der Waals surface area contributed by atoms with Crippen molar-refractivity contribution in [1.82, 2.24) is 9.55 Å². The first kappa shape index (κ1) is 16.8. The van der Waals surface area contributed by atoms with Gasteiger partial charge in [-0.25, -0.2) is 19.1 Å². The van der Waals surface area contributed by atoms with Crippen molar-refractivity contribution in [3.63, 3.8) is 0 Å². The minimum Gasteiger partial charge on any atom is -0.394 e. The Bertz CT molecular complexity index is 566. The number of hydrogen-bond donors (Lipinski definition) is 3. The fourth-order valence-corrected chi connectivity index (χ4v) is 2.37. The number of nitrogen functional groups attached to an aromatic ring is 1. The molecule has 0 saturated carbocycles. The molecule has 1 fully saturated rings. The summed E-state index contributed by atoms with van der Waals surface area (Å²) in [5.74, 6) is -1.82. The van der Waals surface area contributed by atoms with Crippen LogP contribution in [-0.2, 0) is 25.2 Å². The molecule has 1 aromatic heterocycles. The van der Waals surface area contributed by atoms with Crippen molar-refractivity contribution in [3.05, 3.63) is 22.7 Å². The minimum atomic E-state index is -1.84. The minimum absolute atomic E-state index is 0.0226. The molecular formula is C12H19N3O7. The predicted molar refractivity (Wildman–Crippen MR) is 72.4 cm³/mol. The molecule has 124 valence electrons. The highest BCUT2D eigenvalue weighted by molar-refractivity contribution is 5.24. The summed E-state index contributed by atoms with van der Waals surface area (Å²) in [5, 5.41) is 19.5. The third-order valence-electron chi connectivity index (χ3n) is 3.26. The van der Waals surface area contributed by atoms with Gasteiger partial charge in [-0.1, -0.05) is 0 Å². The first-order valence-electron chi connectivity index (χ1n) is 6.66. The van der Waals surface area contributed by atoms with E-state index in [4.69, 9.17) is 20.1 Å². The van der Waals surface area contributed by atoms with E-state index >= 15 is 0 Å². The molecule has 0 spiro atoms. The number of aromatic nitrogens is 2. The normalized spacial score (nSPS) is 31.5. The van der Waals surface area contributed by atoms with E-state index in [1.807, 2.05) is 0 Å². The maximum Gasteiger partial charge on any atom is 0.353 e. The summed E-state index contributed by atoms with van der Waals surface area (Å²) in [5.41, 5.74) is 4.71. The lowest BCUT2D eigenvalue weighted by Crippen LogP contribution is -2.53. The molecule has 2 heterocycles. The van der Waals surface area contributed by atoms with Crippen LogP contribution in [0.4, 0.5) is 5.82 Å². The molecule has 0 bridgehead atoms. The molecule has 2 rings (SSSR count). The Morgan fingerprint density at radius 1 is 1.59 bits per heavy atom. The molecular weight excluding hydrogens is 298 g/mol. The predicted octanol–water partition coefficient (Wildman–Crippen LogP) is -1.83. The quantitative estimate of drug-likeness (QED) is 0.408. The number of aliphatic hydroxyl groups is 2. The Morgan fingerprint density at radius 2 is 2.32 bits per heavy atom. The van der Waals surface area contributed by atoms with Gasteiger partial charge in [0, 0.05) is 12.8 Å². The van der Waals surface area contributed by atoms with Gasteiger partial charge < -0.3 is 25.4 Å². The maximum absolute atomic E-state index is 12.1. The van der Waals surface area contributed by atoms with Gasteiger partial charge >= 0.3 is 5.69 Å². The first-order valence-corrected chi connectivity index (χ1v) is 6.66. The zero-order valence-corrected chi connectivity index (χ0v) is 12.2. The summed E-state index contributed by atoms with van der Waals surface area (Å²) >= 11 is 0. The number of aliphatic hydroxyl groups excluding tert-OH is 2. The number of rotatable bonds is 6. The molecule has 1 aromatic rings. The Balaban J connectivity index is 2.56. The highest BCUT2D eigenvalue weighted by atomic mass is 17.2. The molecule has 1 aliphatic rings. The van der Waals surface area contributed by atoms with E-state index < -0.39 is 36.5 Å². The van der Waals surface area contributed by atoms with E-state index in [0.29, 0.717) is 0 Å². The van der Waals surface area contributed by atoms with Crippen molar-refractivity contribution in [2.24, 2.45) is 0 Å². The van der Waals surface area contributed by atoms with Crippen LogP contribution in [0.3, 0.4) is 0 Å². The molecule has 22 heavy (non-hydrogen) atoms. The van der Waals surface area contributed by atoms with Gasteiger partial charge in [0.2, 0.25) is 0 Å². The highest BCUT2D eigenvalue weighted by Gasteiger charge is 2.59. The number of anilines is 1. The number of nitrogens with two attached hydrogens (primary N) is 1. The average molecular weight is 317 g/mol. The van der Waals surface area contributed by atoms with Crippen LogP contribution in [-0.4, -0.2) is 58.4 Å². The highest BCUT2D eigenvalue weighted by Crippen LogP contribution is 2.38. The SMILES string of the molecule is CCO[C@@]1(n2ccc(N)nc2=O)O[C@H](CO)[C@@H](O)[C@H]1OOC. The van der Waals surface area contributed by atoms with Gasteiger partial charge in [0.25, 0.3) is 5.91 Å². The zero-order chi connectivity index (χ0) is 16.3. The number of hydrogen-bond acceptors (Lipinski definition) is 9. The second kappa shape index (κ2) is 6.69. The third kappa shape index (κ3) is 2.72. The van der Waals surface area contributed by atoms with E-state index in [2.05, 4.69) is 9.87 Å². The molecule has 0 aliphatic carbocycles. The van der Waals surface area contributed by atoms with Crippen molar-refractivity contribution < 1.29 is 29.5 Å². The second-order valence-corrected chi connectivity index (χ2v) is 4.58. The molecule has 1 saturated heterocycles. The van der Waals surface area contributed by atoms with Crippen LogP contribution in [0, 0.1) is 0 Å².